The highest BCUT2D eigenvalue weighted by atomic mass is 32.1. The molecule has 0 spiro atoms. The van der Waals surface area contributed by atoms with Gasteiger partial charge in [-0.25, -0.2) is 4.98 Å². The van der Waals surface area contributed by atoms with Crippen molar-refractivity contribution in [3.63, 3.8) is 0 Å². The van der Waals surface area contributed by atoms with Crippen molar-refractivity contribution in [3.05, 3.63) is 15.6 Å². The minimum absolute atomic E-state index is 0.0548. The Hall–Kier alpha value is -0.740. The SMILES string of the molecule is CC1CCC(c2nc3c(s2)C(=O)CC(C)(C)C3)O1. The lowest BCUT2D eigenvalue weighted by Gasteiger charge is -2.26. The highest BCUT2D eigenvalue weighted by Crippen LogP contribution is 2.41. The molecule has 3 nitrogen and oxygen atoms in total. The van der Waals surface area contributed by atoms with E-state index in [-0.39, 0.29) is 17.3 Å². The molecule has 1 aromatic rings. The van der Waals surface area contributed by atoms with Gasteiger partial charge in [0.1, 0.15) is 11.1 Å². The van der Waals surface area contributed by atoms with E-state index < -0.39 is 0 Å². The van der Waals surface area contributed by atoms with Crippen LogP contribution in [0.1, 0.15) is 66.5 Å². The van der Waals surface area contributed by atoms with Crippen LogP contribution in [0.5, 0.6) is 0 Å². The summed E-state index contributed by atoms with van der Waals surface area (Å²) in [5.74, 6) is 0.260. The molecule has 0 N–H and O–H groups in total. The molecule has 0 amide bonds. The number of carbonyl (C=O) groups excluding carboxylic acids is 1. The molecule has 3 rings (SSSR count). The minimum Gasteiger partial charge on any atom is -0.368 e. The number of thiazole rings is 1. The molecule has 1 aromatic heterocycles. The Kier molecular flexibility index (Phi) is 2.83. The molecule has 98 valence electrons. The standard InChI is InChI=1S/C14H19NO2S/c1-8-4-5-11(17-8)13-15-9-6-14(2,3)7-10(16)12(9)18-13/h8,11H,4-7H2,1-3H3. The van der Waals surface area contributed by atoms with Gasteiger partial charge in [-0.2, -0.15) is 0 Å². The number of ether oxygens (including phenoxy) is 1. The molecule has 1 aliphatic carbocycles. The van der Waals surface area contributed by atoms with Crippen LogP contribution in [0, 0.1) is 5.41 Å². The third-order valence-corrected chi connectivity index (χ3v) is 4.99. The maximum atomic E-state index is 12.1. The summed E-state index contributed by atoms with van der Waals surface area (Å²) < 4.78 is 5.85. The number of carbonyl (C=O) groups is 1. The summed E-state index contributed by atoms with van der Waals surface area (Å²) in [6.07, 6.45) is 4.12. The van der Waals surface area contributed by atoms with Crippen LogP contribution in [0.3, 0.4) is 0 Å². The maximum Gasteiger partial charge on any atom is 0.175 e. The van der Waals surface area contributed by atoms with Crippen molar-refractivity contribution in [3.8, 4) is 0 Å². The second kappa shape index (κ2) is 4.14. The van der Waals surface area contributed by atoms with Gasteiger partial charge in [-0.05, 0) is 31.6 Å². The highest BCUT2D eigenvalue weighted by Gasteiger charge is 2.36. The molecule has 0 bridgehead atoms. The number of hydrogen-bond donors (Lipinski definition) is 0. The molecule has 2 atom stereocenters. The molecule has 0 radical (unpaired) electrons. The van der Waals surface area contributed by atoms with Crippen molar-refractivity contribution in [1.82, 2.24) is 4.98 Å². The molecule has 1 saturated heterocycles. The molecular formula is C14H19NO2S. The van der Waals surface area contributed by atoms with Gasteiger partial charge in [-0.3, -0.25) is 4.79 Å². The van der Waals surface area contributed by atoms with Crippen LogP contribution < -0.4 is 0 Å². The van der Waals surface area contributed by atoms with Gasteiger partial charge >= 0.3 is 0 Å². The van der Waals surface area contributed by atoms with E-state index >= 15 is 0 Å². The Morgan fingerprint density at radius 1 is 1.33 bits per heavy atom. The monoisotopic (exact) mass is 265 g/mol. The van der Waals surface area contributed by atoms with Crippen LogP contribution in [-0.2, 0) is 11.2 Å². The second-order valence-corrected chi connectivity index (χ2v) is 7.31. The molecule has 18 heavy (non-hydrogen) atoms. The van der Waals surface area contributed by atoms with Crippen molar-refractivity contribution >= 4 is 17.1 Å². The van der Waals surface area contributed by atoms with E-state index in [4.69, 9.17) is 4.74 Å². The molecular weight excluding hydrogens is 246 g/mol. The number of nitrogens with zero attached hydrogens (tertiary/aromatic N) is 1. The largest absolute Gasteiger partial charge is 0.368 e. The normalized spacial score (nSPS) is 30.5. The second-order valence-electron chi connectivity index (χ2n) is 6.28. The summed E-state index contributed by atoms with van der Waals surface area (Å²) in [6.45, 7) is 6.38. The molecule has 1 fully saturated rings. The topological polar surface area (TPSA) is 39.2 Å². The van der Waals surface area contributed by atoms with Gasteiger partial charge in [0.25, 0.3) is 0 Å². The van der Waals surface area contributed by atoms with Crippen molar-refractivity contribution in [2.45, 2.75) is 58.7 Å². The summed E-state index contributed by atoms with van der Waals surface area (Å²) in [4.78, 5) is 17.7. The van der Waals surface area contributed by atoms with Crippen LogP contribution in [0.4, 0.5) is 0 Å². The molecule has 4 heteroatoms. The van der Waals surface area contributed by atoms with E-state index in [9.17, 15) is 4.79 Å². The van der Waals surface area contributed by atoms with Crippen LogP contribution in [0.2, 0.25) is 0 Å². The first kappa shape index (κ1) is 12.3. The van der Waals surface area contributed by atoms with E-state index in [2.05, 4.69) is 25.8 Å². The fourth-order valence-electron chi connectivity index (χ4n) is 2.86. The zero-order chi connectivity index (χ0) is 12.9. The average Bonchev–Trinajstić information content (AvgIpc) is 2.82. The number of aromatic nitrogens is 1. The summed E-state index contributed by atoms with van der Waals surface area (Å²) >= 11 is 1.56. The summed E-state index contributed by atoms with van der Waals surface area (Å²) in [5.41, 5.74) is 1.05. The third-order valence-electron chi connectivity index (χ3n) is 3.76. The summed E-state index contributed by atoms with van der Waals surface area (Å²) in [7, 11) is 0. The quantitative estimate of drug-likeness (QED) is 0.779. The Balaban J connectivity index is 1.91. The van der Waals surface area contributed by atoms with Gasteiger partial charge in [0.05, 0.1) is 16.7 Å². The molecule has 2 heterocycles. The van der Waals surface area contributed by atoms with Crippen LogP contribution in [0.25, 0.3) is 0 Å². The van der Waals surface area contributed by atoms with Gasteiger partial charge in [-0.15, -0.1) is 11.3 Å². The third kappa shape index (κ3) is 2.12. The van der Waals surface area contributed by atoms with Gasteiger partial charge in [0.15, 0.2) is 5.78 Å². The molecule has 0 saturated carbocycles. The van der Waals surface area contributed by atoms with Crippen LogP contribution in [0.15, 0.2) is 0 Å². The summed E-state index contributed by atoms with van der Waals surface area (Å²) in [5, 5.41) is 1.01. The lowest BCUT2D eigenvalue weighted by atomic mass is 9.78. The van der Waals surface area contributed by atoms with Crippen molar-refractivity contribution in [2.24, 2.45) is 5.41 Å². The predicted molar refractivity (Wildman–Crippen MR) is 71.1 cm³/mol. The lowest BCUT2D eigenvalue weighted by Crippen LogP contribution is -2.26. The number of Topliss-reactive ketones (excluding diaryl/α,β-unsaturated/α-hetero) is 1. The van der Waals surface area contributed by atoms with E-state index in [0.717, 1.165) is 34.8 Å². The Bertz CT molecular complexity index is 492. The van der Waals surface area contributed by atoms with E-state index in [1.165, 1.54) is 0 Å². The molecule has 1 aliphatic heterocycles. The number of rotatable bonds is 1. The molecule has 2 unspecified atom stereocenters. The van der Waals surface area contributed by atoms with Crippen LogP contribution >= 0.6 is 11.3 Å². The fourth-order valence-corrected chi connectivity index (χ4v) is 3.95. The minimum atomic E-state index is 0.0548. The average molecular weight is 265 g/mol. The number of hydrogen-bond acceptors (Lipinski definition) is 4. The van der Waals surface area contributed by atoms with Gasteiger partial charge in [0.2, 0.25) is 0 Å². The fraction of sp³-hybridized carbons (Fsp3) is 0.714. The van der Waals surface area contributed by atoms with Gasteiger partial charge in [0, 0.05) is 6.42 Å². The predicted octanol–water partition coefficient (Wildman–Crippen LogP) is 3.54. The zero-order valence-corrected chi connectivity index (χ0v) is 12.0. The van der Waals surface area contributed by atoms with Crippen molar-refractivity contribution < 1.29 is 9.53 Å². The van der Waals surface area contributed by atoms with Crippen molar-refractivity contribution in [1.29, 1.82) is 0 Å². The first-order chi connectivity index (χ1) is 8.44. The van der Waals surface area contributed by atoms with Gasteiger partial charge in [-0.1, -0.05) is 13.8 Å². The van der Waals surface area contributed by atoms with E-state index in [1.54, 1.807) is 11.3 Å². The zero-order valence-electron chi connectivity index (χ0n) is 11.2. The highest BCUT2D eigenvalue weighted by molar-refractivity contribution is 7.14. The Labute approximate surface area is 112 Å². The first-order valence-electron chi connectivity index (χ1n) is 6.63. The molecule has 0 aromatic carbocycles. The maximum absolute atomic E-state index is 12.1. The Morgan fingerprint density at radius 2 is 2.11 bits per heavy atom. The van der Waals surface area contributed by atoms with Crippen molar-refractivity contribution in [2.75, 3.05) is 0 Å². The van der Waals surface area contributed by atoms with Crippen LogP contribution in [-0.4, -0.2) is 16.9 Å². The number of fused-ring (bicyclic) bond motifs is 1. The lowest BCUT2D eigenvalue weighted by molar-refractivity contribution is 0.0552. The smallest absolute Gasteiger partial charge is 0.175 e. The number of ketones is 1. The first-order valence-corrected chi connectivity index (χ1v) is 7.44. The van der Waals surface area contributed by atoms with E-state index in [0.29, 0.717) is 12.5 Å². The van der Waals surface area contributed by atoms with Gasteiger partial charge < -0.3 is 4.74 Å². The van der Waals surface area contributed by atoms with E-state index in [1.807, 2.05) is 0 Å². The summed E-state index contributed by atoms with van der Waals surface area (Å²) in [6, 6.07) is 0. The molecule has 2 aliphatic rings. The Morgan fingerprint density at radius 3 is 2.78 bits per heavy atom.